The molecule has 5 unspecified atom stereocenters. The number of hydrogen-bond donors (Lipinski definition) is 8. The second-order valence-electron chi connectivity index (χ2n) is 8.48. The molecule has 9 N–H and O–H groups in total. The van der Waals surface area contributed by atoms with Gasteiger partial charge in [-0.25, -0.2) is 9.97 Å². The second kappa shape index (κ2) is 11.0. The second-order valence-corrected chi connectivity index (χ2v) is 8.48. The van der Waals surface area contributed by atoms with Crippen LogP contribution in [0.1, 0.15) is 18.1 Å². The van der Waals surface area contributed by atoms with Crippen LogP contribution in [-0.4, -0.2) is 79.6 Å². The van der Waals surface area contributed by atoms with Gasteiger partial charge in [-0.05, 0) is 37.3 Å². The molecule has 0 spiro atoms. The van der Waals surface area contributed by atoms with Crippen molar-refractivity contribution in [2.45, 2.75) is 37.6 Å². The fraction of sp³-hybridized carbons (Fsp3) is 0.280. The normalized spacial score (nSPS) is 23.3. The van der Waals surface area contributed by atoms with Gasteiger partial charge in [0.25, 0.3) is 0 Å². The van der Waals surface area contributed by atoms with Crippen molar-refractivity contribution in [2.75, 3.05) is 17.7 Å². The quantitative estimate of drug-likeness (QED) is 0.202. The van der Waals surface area contributed by atoms with Crippen molar-refractivity contribution in [1.29, 1.82) is 10.8 Å². The van der Waals surface area contributed by atoms with Crippen LogP contribution < -0.4 is 15.8 Å². The highest BCUT2D eigenvalue weighted by Crippen LogP contribution is 2.32. The van der Waals surface area contributed by atoms with Gasteiger partial charge in [-0.3, -0.25) is 0 Å². The molecule has 1 fully saturated rings. The lowest BCUT2D eigenvalue weighted by Gasteiger charge is -2.39. The number of benzene rings is 2. The fourth-order valence-electron chi connectivity index (χ4n) is 3.94. The van der Waals surface area contributed by atoms with E-state index < -0.39 is 37.3 Å². The molecule has 37 heavy (non-hydrogen) atoms. The molecule has 12 heteroatoms. The summed E-state index contributed by atoms with van der Waals surface area (Å²) in [6.45, 7) is 0.981. The maximum atomic E-state index is 10.3. The van der Waals surface area contributed by atoms with Crippen molar-refractivity contribution in [3.63, 3.8) is 0 Å². The van der Waals surface area contributed by atoms with Gasteiger partial charge in [-0.1, -0.05) is 18.2 Å². The van der Waals surface area contributed by atoms with E-state index in [-0.39, 0.29) is 23.1 Å². The van der Waals surface area contributed by atoms with Gasteiger partial charge in [0.2, 0.25) is 6.29 Å². The van der Waals surface area contributed by atoms with Crippen molar-refractivity contribution in [3.05, 3.63) is 59.7 Å². The molecule has 0 aliphatic carbocycles. The van der Waals surface area contributed by atoms with Gasteiger partial charge >= 0.3 is 0 Å². The van der Waals surface area contributed by atoms with Crippen LogP contribution in [-0.2, 0) is 4.74 Å². The zero-order valence-electron chi connectivity index (χ0n) is 19.9. The number of nitrogen functional groups attached to an aromatic ring is 1. The number of ether oxygens (including phenoxy) is 2. The van der Waals surface area contributed by atoms with E-state index >= 15 is 0 Å². The first kappa shape index (κ1) is 26.1. The van der Waals surface area contributed by atoms with E-state index in [2.05, 4.69) is 15.3 Å². The number of anilines is 3. The number of nitrogens with one attached hydrogen (secondary N) is 3. The molecular weight excluding hydrogens is 480 g/mol. The Hall–Kier alpha value is -3.94. The Morgan fingerprint density at radius 1 is 1.11 bits per heavy atom. The van der Waals surface area contributed by atoms with Crippen LogP contribution in [0.5, 0.6) is 5.75 Å². The third-order valence-corrected chi connectivity index (χ3v) is 5.87. The van der Waals surface area contributed by atoms with Crippen LogP contribution in [0, 0.1) is 10.8 Å². The van der Waals surface area contributed by atoms with Gasteiger partial charge in [-0.2, -0.15) is 0 Å². The van der Waals surface area contributed by atoms with E-state index in [1.54, 1.807) is 13.0 Å². The third kappa shape index (κ3) is 5.43. The molecule has 1 saturated heterocycles. The SMILES string of the molecule is CC(=N)c1c(N)nc(-c2cc(OC3OC(CO)C(O)C(O)C3O)ccc2C=N)nc1Nc1ccccc1. The molecule has 1 aliphatic heterocycles. The van der Waals surface area contributed by atoms with Gasteiger partial charge in [0.1, 0.15) is 41.8 Å². The summed E-state index contributed by atoms with van der Waals surface area (Å²) in [4.78, 5) is 8.96. The summed E-state index contributed by atoms with van der Waals surface area (Å²) < 4.78 is 11.2. The predicted molar refractivity (Wildman–Crippen MR) is 136 cm³/mol. The molecule has 194 valence electrons. The van der Waals surface area contributed by atoms with Gasteiger partial charge in [0.15, 0.2) is 5.82 Å². The number of aromatic nitrogens is 2. The van der Waals surface area contributed by atoms with Gasteiger partial charge in [0, 0.05) is 28.7 Å². The molecule has 0 bridgehead atoms. The van der Waals surface area contributed by atoms with Crippen molar-refractivity contribution >= 4 is 29.2 Å². The van der Waals surface area contributed by atoms with Crippen LogP contribution in [0.3, 0.4) is 0 Å². The predicted octanol–water partition coefficient (Wildman–Crippen LogP) is 1.03. The summed E-state index contributed by atoms with van der Waals surface area (Å²) in [5, 5.41) is 58.9. The topological polar surface area (TPSA) is 211 Å². The van der Waals surface area contributed by atoms with Crippen LogP contribution in [0.15, 0.2) is 48.5 Å². The lowest BCUT2D eigenvalue weighted by atomic mass is 9.99. The van der Waals surface area contributed by atoms with Crippen LogP contribution >= 0.6 is 0 Å². The number of hydrogen-bond acceptors (Lipinski definition) is 12. The first-order chi connectivity index (χ1) is 17.7. The van der Waals surface area contributed by atoms with Crippen molar-refractivity contribution in [2.24, 2.45) is 0 Å². The lowest BCUT2D eigenvalue weighted by molar-refractivity contribution is -0.277. The summed E-state index contributed by atoms with van der Waals surface area (Å²) >= 11 is 0. The Kier molecular flexibility index (Phi) is 7.76. The van der Waals surface area contributed by atoms with E-state index in [1.807, 2.05) is 30.3 Å². The van der Waals surface area contributed by atoms with E-state index in [0.717, 1.165) is 11.9 Å². The summed E-state index contributed by atoms with van der Waals surface area (Å²) in [5.41, 5.74) is 8.24. The van der Waals surface area contributed by atoms with Gasteiger partial charge in [0.05, 0.1) is 12.2 Å². The minimum Gasteiger partial charge on any atom is -0.462 e. The van der Waals surface area contributed by atoms with Crippen molar-refractivity contribution in [1.82, 2.24) is 9.97 Å². The van der Waals surface area contributed by atoms with Crippen molar-refractivity contribution < 1.29 is 29.9 Å². The number of nitrogens with zero attached hydrogens (tertiary/aromatic N) is 2. The number of para-hydroxylation sites is 1. The minimum atomic E-state index is -1.59. The average molecular weight is 509 g/mol. The molecule has 4 rings (SSSR count). The molecule has 0 saturated carbocycles. The maximum Gasteiger partial charge on any atom is 0.229 e. The third-order valence-electron chi connectivity index (χ3n) is 5.87. The molecule has 3 aromatic rings. The van der Waals surface area contributed by atoms with Crippen LogP contribution in [0.25, 0.3) is 11.4 Å². The molecule has 0 radical (unpaired) electrons. The fourth-order valence-corrected chi connectivity index (χ4v) is 3.94. The molecule has 0 amide bonds. The molecule has 2 heterocycles. The first-order valence-electron chi connectivity index (χ1n) is 11.4. The summed E-state index contributed by atoms with van der Waals surface area (Å²) in [5.74, 6) is 0.695. The highest BCUT2D eigenvalue weighted by atomic mass is 16.7. The van der Waals surface area contributed by atoms with E-state index in [1.165, 1.54) is 12.1 Å². The van der Waals surface area contributed by atoms with Gasteiger partial charge < -0.3 is 51.8 Å². The Balaban J connectivity index is 1.72. The van der Waals surface area contributed by atoms with E-state index in [4.69, 9.17) is 26.0 Å². The summed E-state index contributed by atoms with van der Waals surface area (Å²) in [6.07, 6.45) is -6.12. The minimum absolute atomic E-state index is 0.0621. The van der Waals surface area contributed by atoms with E-state index in [0.29, 0.717) is 22.5 Å². The zero-order valence-corrected chi connectivity index (χ0v) is 19.9. The number of aliphatic hydroxyl groups is 4. The number of aliphatic hydroxyl groups excluding tert-OH is 4. The summed E-state index contributed by atoms with van der Waals surface area (Å²) in [7, 11) is 0. The molecule has 5 atom stereocenters. The molecule has 1 aromatic heterocycles. The number of rotatable bonds is 8. The maximum absolute atomic E-state index is 10.3. The lowest BCUT2D eigenvalue weighted by Crippen LogP contribution is -2.60. The van der Waals surface area contributed by atoms with Crippen molar-refractivity contribution in [3.8, 4) is 17.1 Å². The zero-order chi connectivity index (χ0) is 26.7. The molecular formula is C25H28N6O6. The standard InChI is InChI=1S/C25H28N6O6/c1-12(27)18-22(28)30-23(31-24(18)29-14-5-3-2-4-6-14)16-9-15(8-7-13(16)10-26)36-25-21(35)20(34)19(33)17(11-32)37-25/h2-10,17,19-21,25-27,32-35H,11H2,1H3,(H3,28,29,30,31). The smallest absolute Gasteiger partial charge is 0.229 e. The van der Waals surface area contributed by atoms with E-state index in [9.17, 15) is 20.4 Å². The Morgan fingerprint density at radius 2 is 1.84 bits per heavy atom. The highest BCUT2D eigenvalue weighted by molar-refractivity contribution is 6.05. The summed E-state index contributed by atoms with van der Waals surface area (Å²) in [6, 6.07) is 13.8. The first-order valence-corrected chi connectivity index (χ1v) is 11.4. The van der Waals surface area contributed by atoms with Crippen LogP contribution in [0.2, 0.25) is 0 Å². The molecule has 2 aromatic carbocycles. The average Bonchev–Trinajstić information content (AvgIpc) is 2.89. The van der Waals surface area contributed by atoms with Crippen LogP contribution in [0.4, 0.5) is 17.3 Å². The Morgan fingerprint density at radius 3 is 2.49 bits per heavy atom. The largest absolute Gasteiger partial charge is 0.462 e. The Bertz CT molecular complexity index is 1290. The van der Waals surface area contributed by atoms with Gasteiger partial charge in [-0.15, -0.1) is 0 Å². The molecule has 12 nitrogen and oxygen atoms in total. The molecule has 1 aliphatic rings. The number of nitrogens with two attached hydrogens (primary N) is 1. The Labute approximate surface area is 212 Å². The monoisotopic (exact) mass is 508 g/mol. The highest BCUT2D eigenvalue weighted by Gasteiger charge is 2.44.